The Labute approximate surface area is 140 Å². The molecule has 0 aliphatic rings. The van der Waals surface area contributed by atoms with Gasteiger partial charge >= 0.3 is 0 Å². The number of nitro benzene ring substituents is 1. The number of thioether (sulfide) groups is 1. The molecule has 1 heterocycles. The average molecular weight is 339 g/mol. The molecule has 0 aliphatic carbocycles. The Morgan fingerprint density at radius 3 is 2.65 bits per heavy atom. The highest BCUT2D eigenvalue weighted by molar-refractivity contribution is 8.05. The molecule has 23 heavy (non-hydrogen) atoms. The monoisotopic (exact) mass is 339 g/mol. The summed E-state index contributed by atoms with van der Waals surface area (Å²) in [6.45, 7) is 0. The summed E-state index contributed by atoms with van der Waals surface area (Å²) in [6.07, 6.45) is 1.69. The molecule has 0 unspecified atom stereocenters. The first-order valence-corrected chi connectivity index (χ1v) is 8.19. The fourth-order valence-corrected chi connectivity index (χ4v) is 3.89. The van der Waals surface area contributed by atoms with E-state index >= 15 is 0 Å². The minimum Gasteiger partial charge on any atom is -0.258 e. The van der Waals surface area contributed by atoms with Crippen molar-refractivity contribution in [1.82, 2.24) is 4.98 Å². The number of hydrogen-bond donors (Lipinski definition) is 0. The van der Waals surface area contributed by atoms with E-state index in [0.717, 1.165) is 20.1 Å². The van der Waals surface area contributed by atoms with Crippen LogP contribution in [0.15, 0.2) is 57.8 Å². The van der Waals surface area contributed by atoms with Crippen LogP contribution in [-0.2, 0) is 0 Å². The Balaban J connectivity index is 1.84. The van der Waals surface area contributed by atoms with Gasteiger partial charge in [-0.25, -0.2) is 4.98 Å². The number of hydrogen-bond acceptors (Lipinski definition) is 6. The van der Waals surface area contributed by atoms with Crippen LogP contribution in [0.25, 0.3) is 16.3 Å². The number of non-ortho nitro benzene ring substituents is 1. The maximum atomic E-state index is 10.6. The number of thiazole rings is 1. The molecule has 1 aromatic heterocycles. The molecule has 0 N–H and O–H groups in total. The molecule has 0 saturated carbocycles. The van der Waals surface area contributed by atoms with Crippen LogP contribution in [0.1, 0.15) is 5.56 Å². The van der Waals surface area contributed by atoms with Gasteiger partial charge in [-0.2, -0.15) is 5.26 Å². The van der Waals surface area contributed by atoms with E-state index in [0.29, 0.717) is 4.91 Å². The van der Waals surface area contributed by atoms with Crippen LogP contribution in [0.4, 0.5) is 5.69 Å². The SMILES string of the molecule is N#CC(=Cc1ccc([N+](=O)[O-])cc1)Sc1nc2ccccc2s1. The quantitative estimate of drug-likeness (QED) is 0.293. The van der Waals surface area contributed by atoms with Crippen LogP contribution in [0.3, 0.4) is 0 Å². The van der Waals surface area contributed by atoms with Crippen LogP contribution >= 0.6 is 23.1 Å². The van der Waals surface area contributed by atoms with Crippen molar-refractivity contribution < 1.29 is 4.92 Å². The second-order valence-electron chi connectivity index (χ2n) is 4.52. The molecule has 3 aromatic rings. The number of aromatic nitrogens is 1. The van der Waals surface area contributed by atoms with Gasteiger partial charge in [0.2, 0.25) is 0 Å². The van der Waals surface area contributed by atoms with Crippen molar-refractivity contribution in [1.29, 1.82) is 5.26 Å². The summed E-state index contributed by atoms with van der Waals surface area (Å²) >= 11 is 2.82. The molecule has 0 fully saturated rings. The number of nitriles is 1. The molecule has 5 nitrogen and oxygen atoms in total. The van der Waals surface area contributed by atoms with Gasteiger partial charge in [0.1, 0.15) is 6.07 Å². The van der Waals surface area contributed by atoms with Crippen LogP contribution in [0.2, 0.25) is 0 Å². The standard InChI is InChI=1S/C16H9N3O2S2/c17-10-13(9-11-5-7-12(8-6-11)19(20)21)22-16-18-14-3-1-2-4-15(14)23-16/h1-9H. The summed E-state index contributed by atoms with van der Waals surface area (Å²) in [5.74, 6) is 0. The molecule has 0 aliphatic heterocycles. The fourth-order valence-electron chi connectivity index (χ4n) is 1.92. The lowest BCUT2D eigenvalue weighted by Crippen LogP contribution is -1.86. The number of benzene rings is 2. The summed E-state index contributed by atoms with van der Waals surface area (Å²) in [6, 6.07) is 16.0. The molecule has 2 aromatic carbocycles. The van der Waals surface area contributed by atoms with Crippen molar-refractivity contribution in [3.8, 4) is 6.07 Å². The smallest absolute Gasteiger partial charge is 0.258 e. The Morgan fingerprint density at radius 1 is 1.26 bits per heavy atom. The highest BCUT2D eigenvalue weighted by Crippen LogP contribution is 2.34. The van der Waals surface area contributed by atoms with Gasteiger partial charge in [0.15, 0.2) is 4.34 Å². The highest BCUT2D eigenvalue weighted by Gasteiger charge is 2.08. The molecule has 0 radical (unpaired) electrons. The molecule has 112 valence electrons. The van der Waals surface area contributed by atoms with E-state index in [-0.39, 0.29) is 5.69 Å². The molecular weight excluding hydrogens is 330 g/mol. The predicted octanol–water partition coefficient (Wildman–Crippen LogP) is 4.86. The first-order valence-electron chi connectivity index (χ1n) is 6.55. The van der Waals surface area contributed by atoms with Gasteiger partial charge in [-0.15, -0.1) is 11.3 Å². The van der Waals surface area contributed by atoms with Crippen LogP contribution in [0.5, 0.6) is 0 Å². The Hall–Kier alpha value is -2.69. The van der Waals surface area contributed by atoms with E-state index in [2.05, 4.69) is 11.1 Å². The van der Waals surface area contributed by atoms with E-state index in [4.69, 9.17) is 0 Å². The second-order valence-corrected chi connectivity index (χ2v) is 6.84. The van der Waals surface area contributed by atoms with E-state index in [1.807, 2.05) is 24.3 Å². The number of nitrogens with zero attached hydrogens (tertiary/aromatic N) is 3. The van der Waals surface area contributed by atoms with Crippen molar-refractivity contribution in [3.05, 3.63) is 69.1 Å². The number of nitro groups is 1. The Kier molecular flexibility index (Phi) is 4.37. The van der Waals surface area contributed by atoms with Gasteiger partial charge in [0.05, 0.1) is 20.0 Å². The van der Waals surface area contributed by atoms with Crippen LogP contribution in [0, 0.1) is 21.4 Å². The predicted molar refractivity (Wildman–Crippen MR) is 92.2 cm³/mol. The zero-order valence-corrected chi connectivity index (χ0v) is 13.3. The molecule has 0 atom stereocenters. The average Bonchev–Trinajstić information content (AvgIpc) is 2.97. The maximum Gasteiger partial charge on any atom is 0.269 e. The molecular formula is C16H9N3O2S2. The first-order chi connectivity index (χ1) is 11.2. The number of para-hydroxylation sites is 1. The van der Waals surface area contributed by atoms with Crippen LogP contribution < -0.4 is 0 Å². The summed E-state index contributed by atoms with van der Waals surface area (Å²) in [4.78, 5) is 15.2. The Bertz CT molecular complexity index is 907. The van der Waals surface area contributed by atoms with Gasteiger partial charge in [-0.3, -0.25) is 10.1 Å². The summed E-state index contributed by atoms with van der Waals surface area (Å²) in [5.41, 5.74) is 1.67. The highest BCUT2D eigenvalue weighted by atomic mass is 32.2. The summed E-state index contributed by atoms with van der Waals surface area (Å²) in [5, 5.41) is 19.9. The normalized spacial score (nSPS) is 11.3. The van der Waals surface area contributed by atoms with E-state index in [1.54, 1.807) is 18.2 Å². The van der Waals surface area contributed by atoms with Crippen molar-refractivity contribution in [3.63, 3.8) is 0 Å². The zero-order chi connectivity index (χ0) is 16.2. The topological polar surface area (TPSA) is 79.8 Å². The summed E-state index contributed by atoms with van der Waals surface area (Å²) in [7, 11) is 0. The molecule has 0 amide bonds. The lowest BCUT2D eigenvalue weighted by molar-refractivity contribution is -0.384. The third-order valence-corrected chi connectivity index (χ3v) is 5.01. The van der Waals surface area contributed by atoms with Gasteiger partial charge in [0.25, 0.3) is 5.69 Å². The minimum atomic E-state index is -0.450. The first kappa shape index (κ1) is 15.2. The summed E-state index contributed by atoms with van der Waals surface area (Å²) < 4.78 is 1.86. The maximum absolute atomic E-state index is 10.6. The van der Waals surface area contributed by atoms with E-state index in [9.17, 15) is 15.4 Å². The third-order valence-electron chi connectivity index (χ3n) is 2.98. The van der Waals surface area contributed by atoms with Gasteiger partial charge in [0, 0.05) is 12.1 Å². The molecule has 0 spiro atoms. The van der Waals surface area contributed by atoms with E-state index in [1.165, 1.54) is 35.2 Å². The number of rotatable bonds is 4. The van der Waals surface area contributed by atoms with Gasteiger partial charge in [-0.05, 0) is 47.7 Å². The molecule has 3 rings (SSSR count). The van der Waals surface area contributed by atoms with Crippen molar-refractivity contribution in [2.45, 2.75) is 4.34 Å². The minimum absolute atomic E-state index is 0.0273. The van der Waals surface area contributed by atoms with Gasteiger partial charge < -0.3 is 0 Å². The van der Waals surface area contributed by atoms with Crippen molar-refractivity contribution in [2.75, 3.05) is 0 Å². The molecule has 0 saturated heterocycles. The molecule has 7 heteroatoms. The number of fused-ring (bicyclic) bond motifs is 1. The van der Waals surface area contributed by atoms with Crippen LogP contribution in [-0.4, -0.2) is 9.91 Å². The molecule has 0 bridgehead atoms. The number of allylic oxidation sites excluding steroid dienone is 1. The largest absolute Gasteiger partial charge is 0.269 e. The van der Waals surface area contributed by atoms with Gasteiger partial charge in [-0.1, -0.05) is 12.1 Å². The van der Waals surface area contributed by atoms with Crippen molar-refractivity contribution in [2.24, 2.45) is 0 Å². The fraction of sp³-hybridized carbons (Fsp3) is 0. The lowest BCUT2D eigenvalue weighted by atomic mass is 10.2. The lowest BCUT2D eigenvalue weighted by Gasteiger charge is -1.96. The van der Waals surface area contributed by atoms with E-state index < -0.39 is 4.92 Å². The Morgan fingerprint density at radius 2 is 2.00 bits per heavy atom. The van der Waals surface area contributed by atoms with Crippen molar-refractivity contribution >= 4 is 45.1 Å². The zero-order valence-electron chi connectivity index (χ0n) is 11.7. The second kappa shape index (κ2) is 6.60. The third kappa shape index (κ3) is 3.56.